The third-order valence-electron chi connectivity index (χ3n) is 6.09. The first-order valence-corrected chi connectivity index (χ1v) is 11.9. The SMILES string of the molecule is CC1(C)CC(=O)c2c(C(F)(F)F)nn(-c3ccc(C(N)=O)c(Cc4ccc(CO)c([124I])c4)c3)c2C1. The summed E-state index contributed by atoms with van der Waals surface area (Å²) < 4.78 is 43.4. The third kappa shape index (κ3) is 4.99. The van der Waals surface area contributed by atoms with Crippen LogP contribution in [0.15, 0.2) is 36.4 Å². The van der Waals surface area contributed by atoms with Gasteiger partial charge in [-0.25, -0.2) is 4.68 Å². The molecule has 1 heterocycles. The van der Waals surface area contributed by atoms with Gasteiger partial charge in [-0.3, -0.25) is 9.59 Å². The molecule has 10 heteroatoms. The fourth-order valence-electron chi connectivity index (χ4n) is 4.51. The molecule has 6 nitrogen and oxygen atoms in total. The molecule has 1 amide bonds. The zero-order valence-electron chi connectivity index (χ0n) is 19.0. The van der Waals surface area contributed by atoms with Gasteiger partial charge in [-0.2, -0.15) is 18.3 Å². The summed E-state index contributed by atoms with van der Waals surface area (Å²) >= 11 is 2.10. The number of alkyl halides is 3. The van der Waals surface area contributed by atoms with Crippen LogP contribution in [0.5, 0.6) is 0 Å². The minimum absolute atomic E-state index is 0.00308. The van der Waals surface area contributed by atoms with Crippen LogP contribution in [-0.4, -0.2) is 26.6 Å². The molecule has 35 heavy (non-hydrogen) atoms. The number of halogens is 4. The highest BCUT2D eigenvalue weighted by molar-refractivity contribution is 14.1. The van der Waals surface area contributed by atoms with Gasteiger partial charge in [0, 0.05) is 15.6 Å². The lowest BCUT2D eigenvalue weighted by Gasteiger charge is -2.29. The van der Waals surface area contributed by atoms with Gasteiger partial charge in [0.15, 0.2) is 11.5 Å². The summed E-state index contributed by atoms with van der Waals surface area (Å²) in [5.41, 5.74) is 6.33. The number of carbonyl (C=O) groups is 2. The first-order chi connectivity index (χ1) is 16.3. The maximum absolute atomic E-state index is 13.8. The topological polar surface area (TPSA) is 98.2 Å². The molecule has 0 radical (unpaired) electrons. The number of Topliss-reactive ketones (excluding diaryl/α,β-unsaturated/α-hetero) is 1. The number of ketones is 1. The molecule has 0 saturated carbocycles. The Hall–Kier alpha value is -2.73. The van der Waals surface area contributed by atoms with Crippen molar-refractivity contribution in [2.75, 3.05) is 0 Å². The number of fused-ring (bicyclic) bond motifs is 1. The van der Waals surface area contributed by atoms with Gasteiger partial charge in [-0.1, -0.05) is 26.0 Å². The summed E-state index contributed by atoms with van der Waals surface area (Å²) in [6, 6.07) is 10.00. The summed E-state index contributed by atoms with van der Waals surface area (Å²) in [5, 5.41) is 13.2. The summed E-state index contributed by atoms with van der Waals surface area (Å²) in [5.74, 6) is -1.25. The molecule has 1 aromatic heterocycles. The molecule has 0 unspecified atom stereocenters. The van der Waals surface area contributed by atoms with Crippen LogP contribution in [0.1, 0.15) is 69.1 Å². The third-order valence-corrected chi connectivity index (χ3v) is 7.10. The number of benzene rings is 2. The van der Waals surface area contributed by atoms with E-state index in [-0.39, 0.29) is 42.7 Å². The van der Waals surface area contributed by atoms with Crippen molar-refractivity contribution in [3.8, 4) is 5.69 Å². The van der Waals surface area contributed by atoms with E-state index in [0.29, 0.717) is 11.3 Å². The van der Waals surface area contributed by atoms with E-state index >= 15 is 0 Å². The molecule has 184 valence electrons. The molecule has 0 spiro atoms. The number of nitrogens with two attached hydrogens (primary N) is 1. The van der Waals surface area contributed by atoms with E-state index in [1.807, 2.05) is 26.0 Å². The number of rotatable bonds is 5. The Bertz CT molecular complexity index is 1350. The van der Waals surface area contributed by atoms with Crippen molar-refractivity contribution in [1.29, 1.82) is 0 Å². The van der Waals surface area contributed by atoms with E-state index in [0.717, 1.165) is 14.7 Å². The fraction of sp³-hybridized carbons (Fsp3) is 0.320. The highest BCUT2D eigenvalue weighted by Gasteiger charge is 2.45. The summed E-state index contributed by atoms with van der Waals surface area (Å²) in [6.45, 7) is 3.55. The van der Waals surface area contributed by atoms with E-state index in [4.69, 9.17) is 5.73 Å². The predicted octanol–water partition coefficient (Wildman–Crippen LogP) is 4.83. The van der Waals surface area contributed by atoms with Gasteiger partial charge < -0.3 is 10.8 Å². The number of primary amides is 1. The van der Waals surface area contributed by atoms with Gasteiger partial charge in [-0.15, -0.1) is 0 Å². The van der Waals surface area contributed by atoms with Crippen LogP contribution in [0.4, 0.5) is 13.2 Å². The lowest BCUT2D eigenvalue weighted by molar-refractivity contribution is -0.141. The van der Waals surface area contributed by atoms with Crippen molar-refractivity contribution < 1.29 is 27.9 Å². The number of carbonyl (C=O) groups excluding carboxylic acids is 2. The van der Waals surface area contributed by atoms with Crippen molar-refractivity contribution in [3.05, 3.63) is 79.2 Å². The molecule has 0 aliphatic heterocycles. The van der Waals surface area contributed by atoms with Gasteiger partial charge in [0.1, 0.15) is 0 Å². The number of aliphatic hydroxyl groups is 1. The lowest BCUT2D eigenvalue weighted by Crippen LogP contribution is -2.29. The van der Waals surface area contributed by atoms with Gasteiger partial charge in [-0.05, 0) is 81.8 Å². The molecule has 1 aliphatic rings. The summed E-state index contributed by atoms with van der Waals surface area (Å²) in [6.07, 6.45) is -4.25. The Morgan fingerprint density at radius 2 is 1.89 bits per heavy atom. The zero-order chi connectivity index (χ0) is 25.7. The Labute approximate surface area is 213 Å². The molecule has 4 rings (SSSR count). The van der Waals surface area contributed by atoms with Crippen LogP contribution in [-0.2, 0) is 25.6 Å². The quantitative estimate of drug-likeness (QED) is 0.414. The average molecular weight is 594 g/mol. The second-order valence-electron chi connectivity index (χ2n) is 9.49. The molecular weight excluding hydrogens is 571 g/mol. The van der Waals surface area contributed by atoms with Crippen molar-refractivity contribution in [1.82, 2.24) is 9.78 Å². The second-order valence-corrected chi connectivity index (χ2v) is 10.6. The van der Waals surface area contributed by atoms with E-state index in [1.54, 1.807) is 12.1 Å². The standard InChI is InChI=1S/C25H23F3IN3O3/c1-24(2)10-19-21(20(34)11-24)22(25(26,27)28)31-32(19)16-5-6-17(23(30)35)15(9-16)7-13-3-4-14(12-33)18(29)8-13/h3-6,8-9,33H,7,10-12H2,1-2H3,(H2,30,35)/i29-3. The average Bonchev–Trinajstić information content (AvgIpc) is 3.12. The summed E-state index contributed by atoms with van der Waals surface area (Å²) in [4.78, 5) is 24.8. The number of aliphatic hydroxyl groups excluding tert-OH is 1. The predicted molar refractivity (Wildman–Crippen MR) is 131 cm³/mol. The first kappa shape index (κ1) is 25.4. The van der Waals surface area contributed by atoms with Crippen LogP contribution < -0.4 is 5.73 Å². The van der Waals surface area contributed by atoms with Crippen molar-refractivity contribution in [3.63, 3.8) is 0 Å². The monoisotopic (exact) mass is 594 g/mol. The van der Waals surface area contributed by atoms with E-state index in [1.165, 1.54) is 16.8 Å². The van der Waals surface area contributed by atoms with Crippen LogP contribution in [0.2, 0.25) is 0 Å². The summed E-state index contributed by atoms with van der Waals surface area (Å²) in [7, 11) is 0. The molecular formula is C25H23F3IN3O3. The molecule has 2 aromatic carbocycles. The first-order valence-electron chi connectivity index (χ1n) is 10.8. The minimum atomic E-state index is -4.78. The van der Waals surface area contributed by atoms with E-state index in [9.17, 15) is 27.9 Å². The van der Waals surface area contributed by atoms with E-state index < -0.39 is 29.0 Å². The number of hydrogen-bond donors (Lipinski definition) is 2. The zero-order valence-corrected chi connectivity index (χ0v) is 21.2. The Balaban J connectivity index is 1.86. The molecule has 3 aromatic rings. The van der Waals surface area contributed by atoms with Gasteiger partial charge in [0.05, 0.1) is 23.6 Å². The molecule has 0 saturated heterocycles. The molecule has 1 aliphatic carbocycles. The fourth-order valence-corrected chi connectivity index (χ4v) is 5.26. The van der Waals surface area contributed by atoms with Crippen LogP contribution in [0, 0.1) is 8.99 Å². The normalized spacial score (nSPS) is 15.2. The largest absolute Gasteiger partial charge is 0.435 e. The highest BCUT2D eigenvalue weighted by Crippen LogP contribution is 2.42. The van der Waals surface area contributed by atoms with Crippen molar-refractivity contribution in [2.45, 2.75) is 45.9 Å². The second kappa shape index (κ2) is 9.05. The Kier molecular flexibility index (Phi) is 6.56. The van der Waals surface area contributed by atoms with Gasteiger partial charge >= 0.3 is 6.18 Å². The van der Waals surface area contributed by atoms with Crippen LogP contribution >= 0.6 is 22.6 Å². The Morgan fingerprint density at radius 1 is 1.17 bits per heavy atom. The molecule has 3 N–H and O–H groups in total. The molecule has 0 bridgehead atoms. The smallest absolute Gasteiger partial charge is 0.392 e. The highest BCUT2D eigenvalue weighted by atomic mass is 124. The van der Waals surface area contributed by atoms with Gasteiger partial charge in [0.25, 0.3) is 0 Å². The number of aromatic nitrogens is 2. The molecule has 0 fully saturated rings. The molecule has 0 atom stereocenters. The number of nitrogens with zero attached hydrogens (tertiary/aromatic N) is 2. The number of hydrogen-bond acceptors (Lipinski definition) is 4. The van der Waals surface area contributed by atoms with Crippen molar-refractivity contribution in [2.24, 2.45) is 11.1 Å². The van der Waals surface area contributed by atoms with Crippen LogP contribution in [0.25, 0.3) is 5.69 Å². The number of amides is 1. The minimum Gasteiger partial charge on any atom is -0.392 e. The maximum atomic E-state index is 13.8. The van der Waals surface area contributed by atoms with Crippen LogP contribution in [0.3, 0.4) is 0 Å². The van der Waals surface area contributed by atoms with E-state index in [2.05, 4.69) is 27.7 Å². The lowest BCUT2D eigenvalue weighted by atomic mass is 9.75. The maximum Gasteiger partial charge on any atom is 0.435 e. The van der Waals surface area contributed by atoms with Gasteiger partial charge in [0.2, 0.25) is 5.91 Å². The van der Waals surface area contributed by atoms with Crippen molar-refractivity contribution >= 4 is 34.3 Å². The Morgan fingerprint density at radius 3 is 2.49 bits per heavy atom.